The molecule has 2 aromatic heterocycles. The molecule has 0 N–H and O–H groups in total. The van der Waals surface area contributed by atoms with Gasteiger partial charge in [-0.05, 0) is 30.7 Å². The lowest BCUT2D eigenvalue weighted by atomic mass is 10.2. The largest absolute Gasteiger partial charge is 0.494 e. The fraction of sp³-hybridized carbons (Fsp3) is 0.364. The van der Waals surface area contributed by atoms with Gasteiger partial charge in [-0.2, -0.15) is 0 Å². The van der Waals surface area contributed by atoms with Crippen LogP contribution in [0, 0.1) is 0 Å². The third-order valence-corrected chi connectivity index (χ3v) is 4.40. The molecule has 0 saturated heterocycles. The van der Waals surface area contributed by atoms with Crippen LogP contribution in [-0.2, 0) is 0 Å². The van der Waals surface area contributed by atoms with Crippen LogP contribution in [0.5, 0.6) is 11.5 Å². The number of rotatable bonds is 10. The Morgan fingerprint density at radius 3 is 1.93 bits per heavy atom. The first kappa shape index (κ1) is 19.7. The molecule has 0 amide bonds. The maximum absolute atomic E-state index is 5.81. The summed E-state index contributed by atoms with van der Waals surface area (Å²) in [6, 6.07) is 7.88. The molecule has 0 saturated carbocycles. The van der Waals surface area contributed by atoms with Gasteiger partial charge in [0.25, 0.3) is 0 Å². The molecule has 0 fully saturated rings. The highest BCUT2D eigenvalue weighted by molar-refractivity contribution is 5.59. The number of hydrogen-bond acceptors (Lipinski definition) is 6. The highest BCUT2D eigenvalue weighted by Crippen LogP contribution is 2.21. The molecular weight excluding hydrogens is 352 g/mol. The van der Waals surface area contributed by atoms with Gasteiger partial charge in [-0.3, -0.25) is 0 Å². The van der Waals surface area contributed by atoms with Gasteiger partial charge in [-0.25, -0.2) is 19.9 Å². The Morgan fingerprint density at radius 2 is 1.29 bits per heavy atom. The lowest BCUT2D eigenvalue weighted by Gasteiger charge is -2.07. The highest BCUT2D eigenvalue weighted by Gasteiger charge is 2.06. The van der Waals surface area contributed by atoms with E-state index in [1.807, 2.05) is 24.3 Å². The van der Waals surface area contributed by atoms with E-state index in [0.29, 0.717) is 17.4 Å². The van der Waals surface area contributed by atoms with Gasteiger partial charge in [-0.15, -0.1) is 0 Å². The Hall–Kier alpha value is -3.02. The zero-order valence-corrected chi connectivity index (χ0v) is 16.5. The van der Waals surface area contributed by atoms with E-state index in [0.717, 1.165) is 29.9 Å². The van der Waals surface area contributed by atoms with Crippen molar-refractivity contribution in [3.05, 3.63) is 49.1 Å². The molecule has 0 aliphatic carbocycles. The van der Waals surface area contributed by atoms with Gasteiger partial charge in [0.15, 0.2) is 17.4 Å². The zero-order valence-electron chi connectivity index (χ0n) is 16.5. The molecule has 3 rings (SSSR count). The minimum absolute atomic E-state index is 0.565. The molecule has 0 aliphatic heterocycles. The standard InChI is InChI=1S/C22H26N4O2/c1-3-4-5-6-7-12-28-19-10-8-17(9-11-19)21-23-13-18(14-24-21)22-25-15-20(27-2)16-26-22/h8-11,13-16H,3-7,12H2,1-2H3. The van der Waals surface area contributed by atoms with E-state index in [4.69, 9.17) is 9.47 Å². The quantitative estimate of drug-likeness (QED) is 0.465. The predicted octanol–water partition coefficient (Wildman–Crippen LogP) is 4.96. The van der Waals surface area contributed by atoms with Crippen molar-refractivity contribution in [2.24, 2.45) is 0 Å². The molecule has 6 nitrogen and oxygen atoms in total. The van der Waals surface area contributed by atoms with Crippen LogP contribution in [0.2, 0.25) is 0 Å². The number of hydrogen-bond donors (Lipinski definition) is 0. The van der Waals surface area contributed by atoms with Crippen LogP contribution >= 0.6 is 0 Å². The molecule has 28 heavy (non-hydrogen) atoms. The van der Waals surface area contributed by atoms with Gasteiger partial charge in [0, 0.05) is 18.0 Å². The minimum Gasteiger partial charge on any atom is -0.494 e. The second kappa shape index (κ2) is 10.3. The lowest BCUT2D eigenvalue weighted by molar-refractivity contribution is 0.304. The Bertz CT molecular complexity index is 834. The zero-order chi connectivity index (χ0) is 19.6. The number of aromatic nitrogens is 4. The van der Waals surface area contributed by atoms with Crippen molar-refractivity contribution < 1.29 is 9.47 Å². The van der Waals surface area contributed by atoms with Gasteiger partial charge in [0.1, 0.15) is 5.75 Å². The average Bonchev–Trinajstić information content (AvgIpc) is 2.77. The summed E-state index contributed by atoms with van der Waals surface area (Å²) in [7, 11) is 1.58. The van der Waals surface area contributed by atoms with Crippen molar-refractivity contribution in [3.8, 4) is 34.3 Å². The molecule has 0 atom stereocenters. The number of nitrogens with zero attached hydrogens (tertiary/aromatic N) is 4. The molecule has 0 spiro atoms. The Balaban J connectivity index is 1.56. The van der Waals surface area contributed by atoms with E-state index in [2.05, 4.69) is 26.9 Å². The van der Waals surface area contributed by atoms with Gasteiger partial charge >= 0.3 is 0 Å². The summed E-state index contributed by atoms with van der Waals surface area (Å²) in [5, 5.41) is 0. The summed E-state index contributed by atoms with van der Waals surface area (Å²) in [6.45, 7) is 2.98. The summed E-state index contributed by atoms with van der Waals surface area (Å²) in [5.74, 6) is 2.71. The number of ether oxygens (including phenoxy) is 2. The molecule has 2 heterocycles. The van der Waals surface area contributed by atoms with Gasteiger partial charge in [0.2, 0.25) is 0 Å². The monoisotopic (exact) mass is 378 g/mol. The van der Waals surface area contributed by atoms with E-state index in [1.54, 1.807) is 31.9 Å². The van der Waals surface area contributed by atoms with Crippen LogP contribution in [0.25, 0.3) is 22.8 Å². The Labute approximate surface area is 166 Å². The second-order valence-corrected chi connectivity index (χ2v) is 6.53. The third kappa shape index (κ3) is 5.49. The van der Waals surface area contributed by atoms with Gasteiger partial charge < -0.3 is 9.47 Å². The topological polar surface area (TPSA) is 70.0 Å². The van der Waals surface area contributed by atoms with Crippen LogP contribution < -0.4 is 9.47 Å². The molecule has 146 valence electrons. The summed E-state index contributed by atoms with van der Waals surface area (Å²) < 4.78 is 10.9. The minimum atomic E-state index is 0.565. The molecular formula is C22H26N4O2. The van der Waals surface area contributed by atoms with Gasteiger partial charge in [0.05, 0.1) is 31.7 Å². The number of unbranched alkanes of at least 4 members (excludes halogenated alkanes) is 4. The van der Waals surface area contributed by atoms with Gasteiger partial charge in [-0.1, -0.05) is 32.6 Å². The van der Waals surface area contributed by atoms with Crippen LogP contribution in [0.15, 0.2) is 49.1 Å². The summed E-state index contributed by atoms with van der Waals surface area (Å²) in [4.78, 5) is 17.4. The smallest absolute Gasteiger partial charge is 0.162 e. The van der Waals surface area contributed by atoms with Crippen molar-refractivity contribution in [2.75, 3.05) is 13.7 Å². The Morgan fingerprint density at radius 1 is 0.679 bits per heavy atom. The fourth-order valence-electron chi connectivity index (χ4n) is 2.76. The van der Waals surface area contributed by atoms with E-state index in [-0.39, 0.29) is 0 Å². The van der Waals surface area contributed by atoms with Crippen molar-refractivity contribution in [1.82, 2.24) is 19.9 Å². The van der Waals surface area contributed by atoms with E-state index >= 15 is 0 Å². The molecule has 0 radical (unpaired) electrons. The van der Waals surface area contributed by atoms with Crippen molar-refractivity contribution in [2.45, 2.75) is 39.0 Å². The summed E-state index contributed by atoms with van der Waals surface area (Å²) in [5.41, 5.74) is 1.70. The predicted molar refractivity (Wildman–Crippen MR) is 109 cm³/mol. The molecule has 0 unspecified atom stereocenters. The molecule has 6 heteroatoms. The molecule has 3 aromatic rings. The molecule has 1 aromatic carbocycles. The van der Waals surface area contributed by atoms with E-state index < -0.39 is 0 Å². The highest BCUT2D eigenvalue weighted by atomic mass is 16.5. The van der Waals surface area contributed by atoms with Crippen molar-refractivity contribution in [1.29, 1.82) is 0 Å². The van der Waals surface area contributed by atoms with Crippen LogP contribution in [0.3, 0.4) is 0 Å². The maximum atomic E-state index is 5.81. The first-order chi connectivity index (χ1) is 13.8. The fourth-order valence-corrected chi connectivity index (χ4v) is 2.76. The normalized spacial score (nSPS) is 10.6. The van der Waals surface area contributed by atoms with Crippen LogP contribution in [0.4, 0.5) is 0 Å². The second-order valence-electron chi connectivity index (χ2n) is 6.53. The lowest BCUT2D eigenvalue weighted by Crippen LogP contribution is -1.97. The number of benzene rings is 1. The van der Waals surface area contributed by atoms with Crippen LogP contribution in [0.1, 0.15) is 39.0 Å². The third-order valence-electron chi connectivity index (χ3n) is 4.40. The maximum Gasteiger partial charge on any atom is 0.162 e. The average molecular weight is 378 g/mol. The first-order valence-corrected chi connectivity index (χ1v) is 9.72. The molecule has 0 aliphatic rings. The summed E-state index contributed by atoms with van der Waals surface area (Å²) >= 11 is 0. The van der Waals surface area contributed by atoms with E-state index in [1.165, 1.54) is 25.7 Å². The summed E-state index contributed by atoms with van der Waals surface area (Å²) in [6.07, 6.45) is 12.9. The van der Waals surface area contributed by atoms with E-state index in [9.17, 15) is 0 Å². The number of methoxy groups -OCH3 is 1. The Kier molecular flexibility index (Phi) is 7.29. The first-order valence-electron chi connectivity index (χ1n) is 9.72. The SMILES string of the molecule is CCCCCCCOc1ccc(-c2ncc(-c3ncc(OC)cn3)cn2)cc1. The van der Waals surface area contributed by atoms with Crippen molar-refractivity contribution >= 4 is 0 Å². The van der Waals surface area contributed by atoms with Crippen molar-refractivity contribution in [3.63, 3.8) is 0 Å². The molecule has 0 bridgehead atoms. The van der Waals surface area contributed by atoms with Crippen LogP contribution in [-0.4, -0.2) is 33.7 Å².